The number of anilines is 1. The van der Waals surface area contributed by atoms with E-state index >= 15 is 0 Å². The molecular weight excluding hydrogens is 394 g/mol. The van der Waals surface area contributed by atoms with Gasteiger partial charge in [0.25, 0.3) is 5.91 Å². The molecule has 3 aromatic carbocycles. The number of nitrogens with zero attached hydrogens (tertiary/aromatic N) is 1. The number of rotatable bonds is 6. The van der Waals surface area contributed by atoms with Crippen LogP contribution < -0.4 is 19.1 Å². The molecule has 31 heavy (non-hydrogen) atoms. The zero-order chi connectivity index (χ0) is 22.0. The van der Waals surface area contributed by atoms with Crippen molar-refractivity contribution >= 4 is 11.6 Å². The van der Waals surface area contributed by atoms with Crippen molar-refractivity contribution in [2.45, 2.75) is 19.4 Å². The number of carbonyl (C=O) groups excluding carboxylic acids is 1. The molecule has 1 aliphatic rings. The van der Waals surface area contributed by atoms with Gasteiger partial charge in [0, 0.05) is 6.07 Å². The van der Waals surface area contributed by atoms with E-state index in [1.807, 2.05) is 42.5 Å². The minimum absolute atomic E-state index is 0.0944. The van der Waals surface area contributed by atoms with Crippen LogP contribution >= 0.6 is 0 Å². The molecule has 0 saturated carbocycles. The monoisotopic (exact) mass is 419 g/mol. The lowest BCUT2D eigenvalue weighted by atomic mass is 10.0. The molecule has 0 spiro atoms. The summed E-state index contributed by atoms with van der Waals surface area (Å²) in [5.41, 5.74) is 2.23. The van der Waals surface area contributed by atoms with Gasteiger partial charge in [-0.05, 0) is 49.2 Å². The zero-order valence-electron chi connectivity index (χ0n) is 17.8. The van der Waals surface area contributed by atoms with Crippen LogP contribution in [0.25, 0.3) is 11.1 Å². The van der Waals surface area contributed by atoms with Crippen molar-refractivity contribution in [2.24, 2.45) is 0 Å². The number of fused-ring (bicyclic) bond motifs is 1. The van der Waals surface area contributed by atoms with Crippen LogP contribution in [0, 0.1) is 0 Å². The maximum atomic E-state index is 13.1. The molecule has 0 unspecified atom stereocenters. The summed E-state index contributed by atoms with van der Waals surface area (Å²) in [4.78, 5) is 14.7. The van der Waals surface area contributed by atoms with Crippen LogP contribution in [0.5, 0.6) is 17.2 Å². The van der Waals surface area contributed by atoms with Crippen LogP contribution in [0.1, 0.15) is 24.2 Å². The summed E-state index contributed by atoms with van der Waals surface area (Å²) in [7, 11) is 1.53. The van der Waals surface area contributed by atoms with Gasteiger partial charge in [-0.2, -0.15) is 0 Å². The van der Waals surface area contributed by atoms with Crippen LogP contribution in [-0.2, 0) is 0 Å². The molecule has 0 aliphatic carbocycles. The van der Waals surface area contributed by atoms with E-state index in [0.29, 0.717) is 28.5 Å². The summed E-state index contributed by atoms with van der Waals surface area (Å²) in [5.74, 6) is 1.39. The van der Waals surface area contributed by atoms with E-state index in [2.05, 4.69) is 0 Å². The first-order chi connectivity index (χ1) is 14.9. The molecule has 0 bridgehead atoms. The van der Waals surface area contributed by atoms with Gasteiger partial charge in [0.05, 0.1) is 24.0 Å². The van der Waals surface area contributed by atoms with E-state index in [9.17, 15) is 9.90 Å². The highest BCUT2D eigenvalue weighted by Crippen LogP contribution is 2.36. The molecule has 0 saturated heterocycles. The molecule has 0 aromatic heterocycles. The molecule has 3 aromatic rings. The van der Waals surface area contributed by atoms with Crippen molar-refractivity contribution in [3.8, 4) is 28.4 Å². The van der Waals surface area contributed by atoms with Crippen molar-refractivity contribution in [3.63, 3.8) is 0 Å². The average Bonchev–Trinajstić information content (AvgIpc) is 2.78. The van der Waals surface area contributed by atoms with Gasteiger partial charge in [-0.25, -0.2) is 0 Å². The molecular formula is C25H25NO5. The fourth-order valence-corrected chi connectivity index (χ4v) is 3.36. The largest absolute Gasteiger partial charge is 0.493 e. The van der Waals surface area contributed by atoms with Gasteiger partial charge in [-0.15, -0.1) is 0 Å². The van der Waals surface area contributed by atoms with E-state index in [-0.39, 0.29) is 19.2 Å². The van der Waals surface area contributed by atoms with Gasteiger partial charge in [-0.3, -0.25) is 9.69 Å². The summed E-state index contributed by atoms with van der Waals surface area (Å²) in [6.07, 6.45) is 0. The number of hydrogen-bond donors (Lipinski definition) is 1. The van der Waals surface area contributed by atoms with Gasteiger partial charge in [0.1, 0.15) is 12.4 Å². The number of benzene rings is 3. The second-order valence-electron chi connectivity index (χ2n) is 8.02. The lowest BCUT2D eigenvalue weighted by Gasteiger charge is -2.29. The van der Waals surface area contributed by atoms with Gasteiger partial charge in [0.15, 0.2) is 18.2 Å². The Morgan fingerprint density at radius 2 is 1.77 bits per heavy atom. The molecule has 1 heterocycles. The minimum Gasteiger partial charge on any atom is -0.493 e. The summed E-state index contributed by atoms with van der Waals surface area (Å²) in [6, 6.07) is 20.8. The molecule has 0 atom stereocenters. The van der Waals surface area contributed by atoms with Crippen LogP contribution in [-0.4, -0.2) is 37.1 Å². The third kappa shape index (κ3) is 4.49. The zero-order valence-corrected chi connectivity index (χ0v) is 17.8. The number of ether oxygens (including phenoxy) is 3. The second-order valence-corrected chi connectivity index (χ2v) is 8.02. The molecule has 6 nitrogen and oxygen atoms in total. The van der Waals surface area contributed by atoms with Gasteiger partial charge < -0.3 is 19.3 Å². The van der Waals surface area contributed by atoms with Gasteiger partial charge >= 0.3 is 0 Å². The summed E-state index contributed by atoms with van der Waals surface area (Å²) < 4.78 is 17.0. The maximum absolute atomic E-state index is 13.1. The molecule has 4 rings (SSSR count). The highest BCUT2D eigenvalue weighted by Gasteiger charge is 2.28. The topological polar surface area (TPSA) is 68.2 Å². The highest BCUT2D eigenvalue weighted by molar-refractivity contribution is 6.09. The molecule has 160 valence electrons. The lowest BCUT2D eigenvalue weighted by Crippen LogP contribution is -2.38. The number of hydrogen-bond acceptors (Lipinski definition) is 5. The molecule has 0 fully saturated rings. The van der Waals surface area contributed by atoms with Crippen molar-refractivity contribution in [3.05, 3.63) is 72.3 Å². The fraction of sp³-hybridized carbons (Fsp3) is 0.240. The smallest absolute Gasteiger partial charge is 0.264 e. The third-order valence-corrected chi connectivity index (χ3v) is 4.95. The Bertz CT molecular complexity index is 1090. The van der Waals surface area contributed by atoms with E-state index in [0.717, 1.165) is 11.1 Å². The van der Waals surface area contributed by atoms with E-state index in [1.165, 1.54) is 7.11 Å². The molecule has 1 aliphatic heterocycles. The molecule has 1 N–H and O–H groups in total. The van der Waals surface area contributed by atoms with Gasteiger partial charge in [0.2, 0.25) is 0 Å². The van der Waals surface area contributed by atoms with E-state index < -0.39 is 5.60 Å². The average molecular weight is 419 g/mol. The van der Waals surface area contributed by atoms with E-state index in [4.69, 9.17) is 14.2 Å². The number of methoxy groups -OCH3 is 1. The quantitative estimate of drug-likeness (QED) is 0.637. The third-order valence-electron chi connectivity index (χ3n) is 4.95. The van der Waals surface area contributed by atoms with Crippen molar-refractivity contribution in [1.29, 1.82) is 0 Å². The SMILES string of the molecule is COc1cc(N2COc3cc(-c4ccccc4)ccc3C2=O)ccc1OCC(C)(C)O. The molecule has 6 heteroatoms. The standard InChI is InChI=1S/C25H25NO5/c1-25(2,28)15-30-21-12-10-19(14-23(21)29-3)26-16-31-22-13-18(9-11-20(22)24(26)27)17-7-5-4-6-8-17/h4-14,28H,15-16H2,1-3H3. The predicted molar refractivity (Wildman–Crippen MR) is 119 cm³/mol. The number of aliphatic hydroxyl groups is 1. The van der Waals surface area contributed by atoms with Crippen molar-refractivity contribution < 1.29 is 24.1 Å². The van der Waals surface area contributed by atoms with Crippen molar-refractivity contribution in [1.82, 2.24) is 0 Å². The summed E-state index contributed by atoms with van der Waals surface area (Å²) >= 11 is 0. The Hall–Kier alpha value is -3.51. The maximum Gasteiger partial charge on any atom is 0.264 e. The lowest BCUT2D eigenvalue weighted by molar-refractivity contribution is 0.0276. The number of amides is 1. The van der Waals surface area contributed by atoms with Gasteiger partial charge in [-0.1, -0.05) is 36.4 Å². The molecule has 0 radical (unpaired) electrons. The first kappa shape index (κ1) is 20.8. The van der Waals surface area contributed by atoms with Crippen LogP contribution in [0.2, 0.25) is 0 Å². The van der Waals surface area contributed by atoms with Crippen LogP contribution in [0.4, 0.5) is 5.69 Å². The Kier molecular flexibility index (Phi) is 5.57. The first-order valence-electron chi connectivity index (χ1n) is 10.0. The highest BCUT2D eigenvalue weighted by atomic mass is 16.5. The Labute approximate surface area is 181 Å². The molecule has 1 amide bonds. The van der Waals surface area contributed by atoms with Crippen molar-refractivity contribution in [2.75, 3.05) is 25.3 Å². The fourth-order valence-electron chi connectivity index (χ4n) is 3.36. The predicted octanol–water partition coefficient (Wildman–Crippen LogP) is 4.51. The number of carbonyl (C=O) groups is 1. The summed E-state index contributed by atoms with van der Waals surface area (Å²) in [5, 5.41) is 9.89. The minimum atomic E-state index is -0.970. The second kappa shape index (κ2) is 8.32. The van der Waals surface area contributed by atoms with Crippen LogP contribution in [0.15, 0.2) is 66.7 Å². The normalized spacial score (nSPS) is 13.4. The Morgan fingerprint density at radius 1 is 1.00 bits per heavy atom. The summed E-state index contributed by atoms with van der Waals surface area (Å²) in [6.45, 7) is 3.54. The Morgan fingerprint density at radius 3 is 2.48 bits per heavy atom. The first-order valence-corrected chi connectivity index (χ1v) is 10.0. The van der Waals surface area contributed by atoms with E-state index in [1.54, 1.807) is 43.0 Å². The van der Waals surface area contributed by atoms with Crippen LogP contribution in [0.3, 0.4) is 0 Å². The Balaban J connectivity index is 1.58.